The highest BCUT2D eigenvalue weighted by molar-refractivity contribution is 5.88. The number of aryl methyl sites for hydroxylation is 4. The van der Waals surface area contributed by atoms with Crippen LogP contribution in [0.25, 0.3) is 11.0 Å². The first-order valence-electron chi connectivity index (χ1n) is 6.11. The van der Waals surface area contributed by atoms with Crippen LogP contribution in [0.15, 0.2) is 4.42 Å². The molecule has 0 bridgehead atoms. The van der Waals surface area contributed by atoms with Crippen molar-refractivity contribution in [3.8, 4) is 0 Å². The smallest absolute Gasteiger partial charge is 0.156 e. The Morgan fingerprint density at radius 3 is 2.06 bits per heavy atom. The molecule has 2 aromatic rings. The normalized spacial score (nSPS) is 12.4. The molecule has 0 unspecified atom stereocenters. The molecule has 0 aliphatic carbocycles. The number of hydrogen-bond acceptors (Lipinski definition) is 2. The number of furan rings is 1. The summed E-state index contributed by atoms with van der Waals surface area (Å²) in [4.78, 5) is 4.73. The fourth-order valence-electron chi connectivity index (χ4n) is 2.24. The standard InChI is InChI=1S/C15H21NO/c1-8-10(3)16-14(15(5,6)7)13-12(8)9(2)11(4)17-13/h1-7H3. The second-order valence-electron chi connectivity index (χ2n) is 5.91. The number of hydrogen-bond donors (Lipinski definition) is 0. The maximum atomic E-state index is 5.93. The topological polar surface area (TPSA) is 26.0 Å². The summed E-state index contributed by atoms with van der Waals surface area (Å²) in [5.74, 6) is 1.00. The SMILES string of the molecule is Cc1nc(C(C)(C)C)c2oc(C)c(C)c2c1C. The predicted molar refractivity (Wildman–Crippen MR) is 71.7 cm³/mol. The van der Waals surface area contributed by atoms with Gasteiger partial charge in [0, 0.05) is 16.5 Å². The maximum absolute atomic E-state index is 5.93. The van der Waals surface area contributed by atoms with E-state index in [4.69, 9.17) is 9.40 Å². The highest BCUT2D eigenvalue weighted by Gasteiger charge is 2.24. The van der Waals surface area contributed by atoms with E-state index in [0.29, 0.717) is 0 Å². The van der Waals surface area contributed by atoms with Crippen LogP contribution in [-0.4, -0.2) is 4.98 Å². The van der Waals surface area contributed by atoms with Crippen molar-refractivity contribution in [2.24, 2.45) is 0 Å². The van der Waals surface area contributed by atoms with Gasteiger partial charge in [-0.15, -0.1) is 0 Å². The first-order chi connectivity index (χ1) is 7.73. The van der Waals surface area contributed by atoms with E-state index in [1.807, 2.05) is 6.92 Å². The Bertz CT molecular complexity index is 585. The van der Waals surface area contributed by atoms with Gasteiger partial charge in [-0.1, -0.05) is 20.8 Å². The summed E-state index contributed by atoms with van der Waals surface area (Å²) in [6.45, 7) is 14.9. The Labute approximate surface area is 103 Å². The van der Waals surface area contributed by atoms with E-state index in [0.717, 1.165) is 22.7 Å². The van der Waals surface area contributed by atoms with E-state index in [9.17, 15) is 0 Å². The molecule has 2 aromatic heterocycles. The van der Waals surface area contributed by atoms with Crippen molar-refractivity contribution in [1.29, 1.82) is 0 Å². The molecule has 0 aliphatic heterocycles. The lowest BCUT2D eigenvalue weighted by Gasteiger charge is -2.19. The second-order valence-corrected chi connectivity index (χ2v) is 5.91. The Balaban J connectivity index is 2.98. The largest absolute Gasteiger partial charge is 0.459 e. The molecule has 92 valence electrons. The van der Waals surface area contributed by atoms with E-state index in [2.05, 4.69) is 41.5 Å². The fraction of sp³-hybridized carbons (Fsp3) is 0.533. The van der Waals surface area contributed by atoms with Crippen LogP contribution < -0.4 is 0 Å². The quantitative estimate of drug-likeness (QED) is 0.673. The molecule has 0 fully saturated rings. The summed E-state index contributed by atoms with van der Waals surface area (Å²) < 4.78 is 5.93. The minimum absolute atomic E-state index is 0.00738. The number of pyridine rings is 1. The van der Waals surface area contributed by atoms with Crippen LogP contribution in [0.2, 0.25) is 0 Å². The number of nitrogens with zero attached hydrogens (tertiary/aromatic N) is 1. The van der Waals surface area contributed by atoms with Gasteiger partial charge in [0.2, 0.25) is 0 Å². The van der Waals surface area contributed by atoms with Crippen molar-refractivity contribution in [2.45, 2.75) is 53.9 Å². The third-order valence-electron chi connectivity index (χ3n) is 3.51. The molecule has 2 nitrogen and oxygen atoms in total. The molecule has 0 N–H and O–H groups in total. The minimum atomic E-state index is 0.00738. The monoisotopic (exact) mass is 231 g/mol. The molecule has 0 atom stereocenters. The van der Waals surface area contributed by atoms with Crippen LogP contribution in [0.3, 0.4) is 0 Å². The molecule has 0 radical (unpaired) electrons. The molecule has 0 saturated heterocycles. The van der Waals surface area contributed by atoms with Crippen LogP contribution >= 0.6 is 0 Å². The van der Waals surface area contributed by atoms with E-state index >= 15 is 0 Å². The van der Waals surface area contributed by atoms with Crippen molar-refractivity contribution >= 4 is 11.0 Å². The summed E-state index contributed by atoms with van der Waals surface area (Å²) in [5, 5.41) is 1.25. The lowest BCUT2D eigenvalue weighted by molar-refractivity contribution is 0.527. The minimum Gasteiger partial charge on any atom is -0.459 e. The Morgan fingerprint density at radius 1 is 0.941 bits per heavy atom. The zero-order valence-corrected chi connectivity index (χ0v) is 11.9. The summed E-state index contributed by atoms with van der Waals surface area (Å²) in [5.41, 5.74) is 5.62. The van der Waals surface area contributed by atoms with Gasteiger partial charge in [0.15, 0.2) is 5.58 Å². The molecule has 0 amide bonds. The highest BCUT2D eigenvalue weighted by atomic mass is 16.3. The molecular formula is C15H21NO. The molecule has 2 heterocycles. The fourth-order valence-corrected chi connectivity index (χ4v) is 2.24. The Kier molecular flexibility index (Phi) is 2.57. The summed E-state index contributed by atoms with van der Waals surface area (Å²) in [6, 6.07) is 0. The van der Waals surface area contributed by atoms with E-state index in [1.165, 1.54) is 16.5 Å². The van der Waals surface area contributed by atoms with Crippen molar-refractivity contribution in [2.75, 3.05) is 0 Å². The first kappa shape index (κ1) is 12.2. The second kappa shape index (κ2) is 3.59. The van der Waals surface area contributed by atoms with Gasteiger partial charge in [-0.05, 0) is 38.8 Å². The lowest BCUT2D eigenvalue weighted by atomic mass is 9.89. The average molecular weight is 231 g/mol. The van der Waals surface area contributed by atoms with Gasteiger partial charge >= 0.3 is 0 Å². The van der Waals surface area contributed by atoms with Gasteiger partial charge in [0.25, 0.3) is 0 Å². The van der Waals surface area contributed by atoms with Gasteiger partial charge in [-0.25, -0.2) is 0 Å². The summed E-state index contributed by atoms with van der Waals surface area (Å²) >= 11 is 0. The molecule has 2 heteroatoms. The van der Waals surface area contributed by atoms with Crippen molar-refractivity contribution in [1.82, 2.24) is 4.98 Å². The van der Waals surface area contributed by atoms with E-state index in [1.54, 1.807) is 0 Å². The van der Waals surface area contributed by atoms with E-state index < -0.39 is 0 Å². The third kappa shape index (κ3) is 1.76. The molecular weight excluding hydrogens is 210 g/mol. The van der Waals surface area contributed by atoms with Gasteiger partial charge in [-0.2, -0.15) is 0 Å². The van der Waals surface area contributed by atoms with Gasteiger partial charge in [-0.3, -0.25) is 4.98 Å². The number of fused-ring (bicyclic) bond motifs is 1. The number of rotatable bonds is 0. The average Bonchev–Trinajstić information content (AvgIpc) is 2.48. The Morgan fingerprint density at radius 2 is 1.53 bits per heavy atom. The van der Waals surface area contributed by atoms with E-state index in [-0.39, 0.29) is 5.41 Å². The zero-order chi connectivity index (χ0) is 13.0. The molecule has 0 spiro atoms. The molecule has 0 aromatic carbocycles. The van der Waals surface area contributed by atoms with Crippen molar-refractivity contribution in [3.63, 3.8) is 0 Å². The zero-order valence-electron chi connectivity index (χ0n) is 11.9. The lowest BCUT2D eigenvalue weighted by Crippen LogP contribution is -2.15. The molecule has 0 aliphatic rings. The molecule has 2 rings (SSSR count). The van der Waals surface area contributed by atoms with Gasteiger partial charge in [0.05, 0.1) is 5.69 Å². The van der Waals surface area contributed by atoms with Crippen molar-refractivity contribution < 1.29 is 4.42 Å². The van der Waals surface area contributed by atoms with Crippen LogP contribution in [-0.2, 0) is 5.41 Å². The third-order valence-corrected chi connectivity index (χ3v) is 3.51. The highest BCUT2D eigenvalue weighted by Crippen LogP contribution is 2.35. The molecule has 0 saturated carbocycles. The van der Waals surface area contributed by atoms with Gasteiger partial charge in [0.1, 0.15) is 5.76 Å². The van der Waals surface area contributed by atoms with Crippen LogP contribution in [0.1, 0.15) is 49.0 Å². The van der Waals surface area contributed by atoms with Crippen LogP contribution in [0.5, 0.6) is 0 Å². The summed E-state index contributed by atoms with van der Waals surface area (Å²) in [7, 11) is 0. The van der Waals surface area contributed by atoms with Crippen LogP contribution in [0.4, 0.5) is 0 Å². The van der Waals surface area contributed by atoms with Crippen LogP contribution in [0, 0.1) is 27.7 Å². The number of aromatic nitrogens is 1. The summed E-state index contributed by atoms with van der Waals surface area (Å²) in [6.07, 6.45) is 0. The molecule has 17 heavy (non-hydrogen) atoms. The van der Waals surface area contributed by atoms with Gasteiger partial charge < -0.3 is 4.42 Å². The predicted octanol–water partition coefficient (Wildman–Crippen LogP) is 4.36. The Hall–Kier alpha value is -1.31. The van der Waals surface area contributed by atoms with Crippen molar-refractivity contribution in [3.05, 3.63) is 28.3 Å². The first-order valence-corrected chi connectivity index (χ1v) is 6.11. The maximum Gasteiger partial charge on any atom is 0.156 e.